The van der Waals surface area contributed by atoms with Gasteiger partial charge in [0.1, 0.15) is 0 Å². The highest BCUT2D eigenvalue weighted by molar-refractivity contribution is 5.79. The first-order chi connectivity index (χ1) is 11.6. The van der Waals surface area contributed by atoms with Gasteiger partial charge in [-0.05, 0) is 24.6 Å². The molecule has 2 heterocycles. The summed E-state index contributed by atoms with van der Waals surface area (Å²) in [6.45, 7) is 3.58. The summed E-state index contributed by atoms with van der Waals surface area (Å²) < 4.78 is 15.9. The van der Waals surface area contributed by atoms with Gasteiger partial charge in [-0.2, -0.15) is 0 Å². The maximum atomic E-state index is 12.3. The Morgan fingerprint density at radius 3 is 2.83 bits per heavy atom. The van der Waals surface area contributed by atoms with E-state index in [-0.39, 0.29) is 31.6 Å². The molecule has 1 aromatic rings. The van der Waals surface area contributed by atoms with Crippen LogP contribution >= 0.6 is 0 Å². The first kappa shape index (κ1) is 16.6. The van der Waals surface area contributed by atoms with Crippen molar-refractivity contribution < 1.29 is 28.9 Å². The number of carbonyl (C=O) groups excluding carboxylic acids is 1. The van der Waals surface area contributed by atoms with Gasteiger partial charge in [0.25, 0.3) is 0 Å². The van der Waals surface area contributed by atoms with Crippen molar-refractivity contribution in [3.05, 3.63) is 23.8 Å². The SMILES string of the molecule is CCOCCC(=O)N1C[C@H](C(=O)O)[C@@H](c2ccc3c(c2)OCO3)C1. The van der Waals surface area contributed by atoms with Gasteiger partial charge in [-0.25, -0.2) is 0 Å². The predicted octanol–water partition coefficient (Wildman–Crippen LogP) is 1.47. The van der Waals surface area contributed by atoms with Crippen LogP contribution in [0.4, 0.5) is 0 Å². The quantitative estimate of drug-likeness (QED) is 0.793. The Kier molecular flexibility index (Phi) is 4.89. The Hall–Kier alpha value is -2.28. The number of hydrogen-bond donors (Lipinski definition) is 1. The van der Waals surface area contributed by atoms with Crippen LogP contribution in [0, 0.1) is 5.92 Å². The number of ether oxygens (including phenoxy) is 3. The zero-order valence-corrected chi connectivity index (χ0v) is 13.6. The number of fused-ring (bicyclic) bond motifs is 1. The van der Waals surface area contributed by atoms with E-state index in [1.165, 1.54) is 0 Å². The Balaban J connectivity index is 1.74. The van der Waals surface area contributed by atoms with Gasteiger partial charge in [0.15, 0.2) is 11.5 Å². The molecule has 3 rings (SSSR count). The van der Waals surface area contributed by atoms with E-state index in [0.717, 1.165) is 5.56 Å². The van der Waals surface area contributed by atoms with Gasteiger partial charge in [0, 0.05) is 25.6 Å². The van der Waals surface area contributed by atoms with E-state index >= 15 is 0 Å². The predicted molar refractivity (Wildman–Crippen MR) is 84.1 cm³/mol. The molecule has 1 aromatic carbocycles. The molecule has 0 spiro atoms. The molecule has 0 aliphatic carbocycles. The molecular formula is C17H21NO6. The summed E-state index contributed by atoms with van der Waals surface area (Å²) in [5.74, 6) is -0.559. The lowest BCUT2D eigenvalue weighted by molar-refractivity contribution is -0.141. The minimum absolute atomic E-state index is 0.0713. The highest BCUT2D eigenvalue weighted by Gasteiger charge is 2.40. The number of carboxylic acid groups (broad SMARTS) is 1. The third kappa shape index (κ3) is 3.31. The second-order valence-electron chi connectivity index (χ2n) is 5.91. The van der Waals surface area contributed by atoms with Crippen LogP contribution in [-0.2, 0) is 14.3 Å². The number of carboxylic acids is 1. The standard InChI is InChI=1S/C17H21NO6/c1-2-22-6-5-16(19)18-8-12(13(9-18)17(20)21)11-3-4-14-15(7-11)24-10-23-14/h3-4,7,12-13H,2,5-6,8-10H2,1H3,(H,20,21)/t12-,13+/m1/s1. The number of carbonyl (C=O) groups is 2. The summed E-state index contributed by atoms with van der Waals surface area (Å²) in [5.41, 5.74) is 0.853. The van der Waals surface area contributed by atoms with Crippen LogP contribution in [0.2, 0.25) is 0 Å². The van der Waals surface area contributed by atoms with Crippen molar-refractivity contribution in [1.29, 1.82) is 0 Å². The number of aliphatic carboxylic acids is 1. The monoisotopic (exact) mass is 335 g/mol. The molecular weight excluding hydrogens is 314 g/mol. The molecule has 2 aliphatic heterocycles. The van der Waals surface area contributed by atoms with Gasteiger partial charge >= 0.3 is 5.97 Å². The van der Waals surface area contributed by atoms with Crippen molar-refractivity contribution in [2.45, 2.75) is 19.3 Å². The highest BCUT2D eigenvalue weighted by Crippen LogP contribution is 2.39. The lowest BCUT2D eigenvalue weighted by Gasteiger charge is -2.16. The molecule has 130 valence electrons. The van der Waals surface area contributed by atoms with Gasteiger partial charge in [-0.1, -0.05) is 6.07 Å². The molecule has 2 aliphatic rings. The fourth-order valence-electron chi connectivity index (χ4n) is 3.20. The van der Waals surface area contributed by atoms with Crippen LogP contribution in [-0.4, -0.2) is 55.0 Å². The van der Waals surface area contributed by atoms with Crippen LogP contribution in [0.3, 0.4) is 0 Å². The molecule has 0 bridgehead atoms. The van der Waals surface area contributed by atoms with Crippen molar-refractivity contribution in [2.75, 3.05) is 33.1 Å². The molecule has 2 atom stereocenters. The normalized spacial score (nSPS) is 22.0. The zero-order valence-electron chi connectivity index (χ0n) is 13.6. The van der Waals surface area contributed by atoms with Crippen molar-refractivity contribution in [3.8, 4) is 11.5 Å². The fraction of sp³-hybridized carbons (Fsp3) is 0.529. The molecule has 0 radical (unpaired) electrons. The lowest BCUT2D eigenvalue weighted by Crippen LogP contribution is -2.30. The van der Waals surface area contributed by atoms with E-state index in [4.69, 9.17) is 14.2 Å². The Morgan fingerprint density at radius 2 is 2.08 bits per heavy atom. The number of benzene rings is 1. The molecule has 0 unspecified atom stereocenters. The summed E-state index contributed by atoms with van der Waals surface area (Å²) >= 11 is 0. The summed E-state index contributed by atoms with van der Waals surface area (Å²) in [7, 11) is 0. The Morgan fingerprint density at radius 1 is 1.29 bits per heavy atom. The minimum Gasteiger partial charge on any atom is -0.481 e. The second kappa shape index (κ2) is 7.09. The van der Waals surface area contributed by atoms with Gasteiger partial charge in [-0.3, -0.25) is 9.59 Å². The highest BCUT2D eigenvalue weighted by atomic mass is 16.7. The molecule has 0 aromatic heterocycles. The van der Waals surface area contributed by atoms with Gasteiger partial charge in [-0.15, -0.1) is 0 Å². The maximum Gasteiger partial charge on any atom is 0.308 e. The molecule has 1 fully saturated rings. The van der Waals surface area contributed by atoms with Crippen molar-refractivity contribution >= 4 is 11.9 Å². The minimum atomic E-state index is -0.891. The van der Waals surface area contributed by atoms with Crippen LogP contribution in [0.1, 0.15) is 24.8 Å². The van der Waals surface area contributed by atoms with Gasteiger partial charge in [0.2, 0.25) is 12.7 Å². The number of nitrogens with zero attached hydrogens (tertiary/aromatic N) is 1. The van der Waals surface area contributed by atoms with Crippen molar-refractivity contribution in [2.24, 2.45) is 5.92 Å². The lowest BCUT2D eigenvalue weighted by atomic mass is 9.89. The van der Waals surface area contributed by atoms with E-state index in [9.17, 15) is 14.7 Å². The number of likely N-dealkylation sites (tertiary alicyclic amines) is 1. The fourth-order valence-corrected chi connectivity index (χ4v) is 3.20. The van der Waals surface area contributed by atoms with E-state index in [1.807, 2.05) is 19.1 Å². The average molecular weight is 335 g/mol. The van der Waals surface area contributed by atoms with Crippen LogP contribution in [0.5, 0.6) is 11.5 Å². The average Bonchev–Trinajstić information content (AvgIpc) is 3.21. The van der Waals surface area contributed by atoms with Crippen LogP contribution in [0.25, 0.3) is 0 Å². The number of rotatable bonds is 6. The molecule has 0 saturated carbocycles. The Labute approximate surface area is 140 Å². The van der Waals surface area contributed by atoms with E-state index in [2.05, 4.69) is 0 Å². The molecule has 7 heteroatoms. The summed E-state index contributed by atoms with van der Waals surface area (Å²) in [5, 5.41) is 9.53. The third-order valence-electron chi connectivity index (χ3n) is 4.48. The van der Waals surface area contributed by atoms with Crippen LogP contribution < -0.4 is 9.47 Å². The first-order valence-corrected chi connectivity index (χ1v) is 8.08. The summed E-state index contributed by atoms with van der Waals surface area (Å²) in [6, 6.07) is 5.45. The van der Waals surface area contributed by atoms with Crippen LogP contribution in [0.15, 0.2) is 18.2 Å². The van der Waals surface area contributed by atoms with Crippen molar-refractivity contribution in [1.82, 2.24) is 4.90 Å². The molecule has 1 amide bonds. The van der Waals surface area contributed by atoms with Gasteiger partial charge < -0.3 is 24.2 Å². The van der Waals surface area contributed by atoms with Gasteiger partial charge in [0.05, 0.1) is 18.9 Å². The molecule has 1 saturated heterocycles. The second-order valence-corrected chi connectivity index (χ2v) is 5.91. The smallest absolute Gasteiger partial charge is 0.308 e. The number of hydrogen-bond acceptors (Lipinski definition) is 5. The molecule has 7 nitrogen and oxygen atoms in total. The largest absolute Gasteiger partial charge is 0.481 e. The third-order valence-corrected chi connectivity index (χ3v) is 4.48. The molecule has 1 N–H and O–H groups in total. The first-order valence-electron chi connectivity index (χ1n) is 8.08. The summed E-state index contributed by atoms with van der Waals surface area (Å²) in [6.07, 6.45) is 0.272. The van der Waals surface area contributed by atoms with E-state index in [0.29, 0.717) is 31.3 Å². The zero-order chi connectivity index (χ0) is 17.1. The van der Waals surface area contributed by atoms with Crippen molar-refractivity contribution in [3.63, 3.8) is 0 Å². The maximum absolute atomic E-state index is 12.3. The van der Waals surface area contributed by atoms with E-state index in [1.54, 1.807) is 11.0 Å². The summed E-state index contributed by atoms with van der Waals surface area (Å²) in [4.78, 5) is 25.5. The number of amides is 1. The Bertz CT molecular complexity index is 632. The van der Waals surface area contributed by atoms with E-state index < -0.39 is 11.9 Å². The topological polar surface area (TPSA) is 85.3 Å². The molecule has 24 heavy (non-hydrogen) atoms.